The highest BCUT2D eigenvalue weighted by molar-refractivity contribution is 5.46. The van der Waals surface area contributed by atoms with Crippen LogP contribution in [0.15, 0.2) is 30.5 Å². The van der Waals surface area contributed by atoms with Gasteiger partial charge >= 0.3 is 0 Å². The number of hydrogen-bond acceptors (Lipinski definition) is 3. The number of aryl methyl sites for hydroxylation is 2. The van der Waals surface area contributed by atoms with Crippen molar-refractivity contribution < 1.29 is 5.11 Å². The van der Waals surface area contributed by atoms with Gasteiger partial charge in [-0.25, -0.2) is 0 Å². The maximum absolute atomic E-state index is 9.15. The summed E-state index contributed by atoms with van der Waals surface area (Å²) in [6, 6.07) is 7.03. The van der Waals surface area contributed by atoms with Crippen LogP contribution in [0.3, 0.4) is 0 Å². The van der Waals surface area contributed by atoms with Crippen LogP contribution in [0.2, 0.25) is 0 Å². The number of benzene rings is 1. The summed E-state index contributed by atoms with van der Waals surface area (Å²) < 4.78 is 1.81. The minimum absolute atomic E-state index is 0.281. The molecule has 0 aliphatic rings. The normalized spacial score (nSPS) is 10.4. The van der Waals surface area contributed by atoms with E-state index in [2.05, 4.69) is 10.4 Å². The minimum atomic E-state index is 0.281. The van der Waals surface area contributed by atoms with Gasteiger partial charge in [-0.2, -0.15) is 5.10 Å². The third-order valence-corrected chi connectivity index (χ3v) is 2.47. The van der Waals surface area contributed by atoms with Gasteiger partial charge in [0.05, 0.1) is 5.69 Å². The van der Waals surface area contributed by atoms with E-state index in [4.69, 9.17) is 5.11 Å². The monoisotopic (exact) mass is 217 g/mol. The number of hydrogen-bond donors (Lipinski definition) is 2. The lowest BCUT2D eigenvalue weighted by atomic mass is 10.2. The third-order valence-electron chi connectivity index (χ3n) is 2.47. The number of aromatic hydroxyl groups is 1. The molecule has 1 heterocycles. The fourth-order valence-corrected chi connectivity index (χ4v) is 1.60. The Hall–Kier alpha value is -1.97. The number of nitrogens with zero attached hydrogens (tertiary/aromatic N) is 2. The first-order chi connectivity index (χ1) is 7.65. The summed E-state index contributed by atoms with van der Waals surface area (Å²) in [5.41, 5.74) is 3.20. The molecule has 84 valence electrons. The second kappa shape index (κ2) is 4.26. The van der Waals surface area contributed by atoms with Crippen LogP contribution in [0.25, 0.3) is 0 Å². The van der Waals surface area contributed by atoms with Gasteiger partial charge in [0.15, 0.2) is 0 Å². The molecule has 0 bridgehead atoms. The summed E-state index contributed by atoms with van der Waals surface area (Å²) in [6.45, 7) is 2.73. The van der Waals surface area contributed by atoms with Crippen molar-refractivity contribution in [3.63, 3.8) is 0 Å². The number of aromatic nitrogens is 2. The first-order valence-corrected chi connectivity index (χ1v) is 5.17. The second-order valence-electron chi connectivity index (χ2n) is 3.81. The van der Waals surface area contributed by atoms with Gasteiger partial charge in [0, 0.05) is 31.0 Å². The van der Waals surface area contributed by atoms with Crippen LogP contribution < -0.4 is 5.32 Å². The maximum atomic E-state index is 9.15. The lowest BCUT2D eigenvalue weighted by molar-refractivity contribution is 0.475. The Kier molecular flexibility index (Phi) is 2.81. The Morgan fingerprint density at radius 1 is 1.31 bits per heavy atom. The van der Waals surface area contributed by atoms with Crippen LogP contribution in [0.4, 0.5) is 5.69 Å². The summed E-state index contributed by atoms with van der Waals surface area (Å²) in [6.07, 6.45) is 2.00. The van der Waals surface area contributed by atoms with Gasteiger partial charge in [-0.15, -0.1) is 0 Å². The van der Waals surface area contributed by atoms with E-state index >= 15 is 0 Å². The highest BCUT2D eigenvalue weighted by Crippen LogP contribution is 2.15. The Labute approximate surface area is 94.5 Å². The van der Waals surface area contributed by atoms with Gasteiger partial charge in [0.2, 0.25) is 0 Å². The molecule has 0 spiro atoms. The molecule has 0 aliphatic heterocycles. The van der Waals surface area contributed by atoms with Gasteiger partial charge in [-0.1, -0.05) is 0 Å². The van der Waals surface area contributed by atoms with Crippen LogP contribution in [-0.4, -0.2) is 14.9 Å². The van der Waals surface area contributed by atoms with Crippen LogP contribution in [0, 0.1) is 6.92 Å². The van der Waals surface area contributed by atoms with Crippen molar-refractivity contribution in [3.05, 3.63) is 41.7 Å². The number of phenolic OH excluding ortho intramolecular Hbond substituents is 1. The molecule has 2 N–H and O–H groups in total. The zero-order chi connectivity index (χ0) is 11.5. The lowest BCUT2D eigenvalue weighted by Gasteiger charge is -2.05. The van der Waals surface area contributed by atoms with Crippen molar-refractivity contribution in [2.75, 3.05) is 5.32 Å². The molecule has 0 aliphatic carbocycles. The molecule has 16 heavy (non-hydrogen) atoms. The molecule has 4 nitrogen and oxygen atoms in total. The molecule has 0 saturated carbocycles. The summed E-state index contributed by atoms with van der Waals surface area (Å²) >= 11 is 0. The molecule has 0 unspecified atom stereocenters. The Balaban J connectivity index is 2.02. The first kappa shape index (κ1) is 10.5. The standard InChI is InChI=1S/C12H15N3O/c1-9-10(8-15(2)14-9)7-13-11-3-5-12(16)6-4-11/h3-6,8,13,16H,7H2,1-2H3. The predicted molar refractivity (Wildman–Crippen MR) is 63.4 cm³/mol. The van der Waals surface area contributed by atoms with E-state index in [1.54, 1.807) is 12.1 Å². The van der Waals surface area contributed by atoms with Crippen LogP contribution in [0.5, 0.6) is 5.75 Å². The van der Waals surface area contributed by atoms with E-state index in [1.807, 2.05) is 37.0 Å². The van der Waals surface area contributed by atoms with Crippen LogP contribution in [-0.2, 0) is 13.6 Å². The molecular weight excluding hydrogens is 202 g/mol. The summed E-state index contributed by atoms with van der Waals surface area (Å²) in [5.74, 6) is 0.281. The molecule has 2 aromatic rings. The Bertz CT molecular complexity index is 474. The maximum Gasteiger partial charge on any atom is 0.115 e. The molecular formula is C12H15N3O. The lowest BCUT2D eigenvalue weighted by Crippen LogP contribution is -1.99. The summed E-state index contributed by atoms with van der Waals surface area (Å²) in [7, 11) is 1.91. The largest absolute Gasteiger partial charge is 0.508 e. The quantitative estimate of drug-likeness (QED) is 0.773. The first-order valence-electron chi connectivity index (χ1n) is 5.17. The number of anilines is 1. The molecule has 0 atom stereocenters. The molecule has 0 radical (unpaired) electrons. The topological polar surface area (TPSA) is 50.1 Å². The summed E-state index contributed by atoms with van der Waals surface area (Å²) in [4.78, 5) is 0. The zero-order valence-corrected chi connectivity index (χ0v) is 9.44. The highest BCUT2D eigenvalue weighted by Gasteiger charge is 2.02. The van der Waals surface area contributed by atoms with E-state index < -0.39 is 0 Å². The Morgan fingerprint density at radius 3 is 2.56 bits per heavy atom. The van der Waals surface area contributed by atoms with Crippen molar-refractivity contribution in [3.8, 4) is 5.75 Å². The Morgan fingerprint density at radius 2 is 2.00 bits per heavy atom. The zero-order valence-electron chi connectivity index (χ0n) is 9.44. The fourth-order valence-electron chi connectivity index (χ4n) is 1.60. The predicted octanol–water partition coefficient (Wildman–Crippen LogP) is 2.05. The molecule has 1 aromatic carbocycles. The SMILES string of the molecule is Cc1nn(C)cc1CNc1ccc(O)cc1. The van der Waals surface area contributed by atoms with Crippen molar-refractivity contribution >= 4 is 5.69 Å². The van der Waals surface area contributed by atoms with Crippen LogP contribution >= 0.6 is 0 Å². The second-order valence-corrected chi connectivity index (χ2v) is 3.81. The molecule has 0 fully saturated rings. The summed E-state index contributed by atoms with van der Waals surface area (Å²) in [5, 5.41) is 16.7. The number of rotatable bonds is 3. The number of nitrogens with one attached hydrogen (secondary N) is 1. The van der Waals surface area contributed by atoms with Crippen molar-refractivity contribution in [2.45, 2.75) is 13.5 Å². The van der Waals surface area contributed by atoms with Gasteiger partial charge in [-0.3, -0.25) is 4.68 Å². The van der Waals surface area contributed by atoms with Gasteiger partial charge in [-0.05, 0) is 31.2 Å². The van der Waals surface area contributed by atoms with Gasteiger partial charge < -0.3 is 10.4 Å². The smallest absolute Gasteiger partial charge is 0.115 e. The molecule has 4 heteroatoms. The van der Waals surface area contributed by atoms with Crippen LogP contribution in [0.1, 0.15) is 11.3 Å². The molecule has 0 amide bonds. The average molecular weight is 217 g/mol. The van der Waals surface area contributed by atoms with Crippen molar-refractivity contribution in [1.82, 2.24) is 9.78 Å². The van der Waals surface area contributed by atoms with Crippen molar-refractivity contribution in [2.24, 2.45) is 7.05 Å². The van der Waals surface area contributed by atoms with E-state index in [0.717, 1.165) is 17.9 Å². The number of phenols is 1. The molecule has 0 saturated heterocycles. The molecule has 1 aromatic heterocycles. The minimum Gasteiger partial charge on any atom is -0.508 e. The van der Waals surface area contributed by atoms with E-state index in [1.165, 1.54) is 5.56 Å². The highest BCUT2D eigenvalue weighted by atomic mass is 16.3. The van der Waals surface area contributed by atoms with E-state index in [9.17, 15) is 0 Å². The third kappa shape index (κ3) is 2.34. The molecule has 2 rings (SSSR count). The van der Waals surface area contributed by atoms with Gasteiger partial charge in [0.25, 0.3) is 0 Å². The van der Waals surface area contributed by atoms with E-state index in [-0.39, 0.29) is 5.75 Å². The van der Waals surface area contributed by atoms with E-state index in [0.29, 0.717) is 0 Å². The average Bonchev–Trinajstić information content (AvgIpc) is 2.57. The van der Waals surface area contributed by atoms with Gasteiger partial charge in [0.1, 0.15) is 5.75 Å². The fraction of sp³-hybridized carbons (Fsp3) is 0.250. The van der Waals surface area contributed by atoms with Crippen molar-refractivity contribution in [1.29, 1.82) is 0 Å².